The van der Waals surface area contributed by atoms with Crippen molar-refractivity contribution in [2.24, 2.45) is 5.92 Å². The average Bonchev–Trinajstić information content (AvgIpc) is 3.10. The van der Waals surface area contributed by atoms with Crippen LogP contribution >= 0.6 is 0 Å². The zero-order valence-electron chi connectivity index (χ0n) is 8.89. The molecule has 1 fully saturated rings. The van der Waals surface area contributed by atoms with E-state index >= 15 is 0 Å². The Labute approximate surface area is 94.3 Å². The van der Waals surface area contributed by atoms with Crippen molar-refractivity contribution in [2.45, 2.75) is 25.2 Å². The van der Waals surface area contributed by atoms with Crippen molar-refractivity contribution in [3.8, 4) is 6.07 Å². The Morgan fingerprint density at radius 3 is 2.50 bits per heavy atom. The second-order valence-electron chi connectivity index (χ2n) is 4.28. The van der Waals surface area contributed by atoms with Crippen LogP contribution in [-0.4, -0.2) is 11.1 Å². The first-order chi connectivity index (χ1) is 7.70. The summed E-state index contributed by atoms with van der Waals surface area (Å²) in [5.41, 5.74) is 1.66. The van der Waals surface area contributed by atoms with Gasteiger partial charge in [-0.05, 0) is 42.4 Å². The van der Waals surface area contributed by atoms with E-state index in [2.05, 4.69) is 6.07 Å². The van der Waals surface area contributed by atoms with E-state index in [4.69, 9.17) is 10.4 Å². The van der Waals surface area contributed by atoms with Gasteiger partial charge in [-0.2, -0.15) is 5.26 Å². The number of carbonyl (C=O) groups is 1. The molecule has 1 atom stereocenters. The molecule has 1 N–H and O–H groups in total. The molecule has 0 radical (unpaired) electrons. The molecule has 1 aliphatic carbocycles. The fourth-order valence-corrected chi connectivity index (χ4v) is 2.05. The first-order valence-corrected chi connectivity index (χ1v) is 5.42. The maximum absolute atomic E-state index is 10.8. The average molecular weight is 215 g/mol. The van der Waals surface area contributed by atoms with E-state index in [1.807, 2.05) is 12.1 Å². The molecule has 1 aromatic rings. The molecule has 0 spiro atoms. The highest BCUT2D eigenvalue weighted by Gasteiger charge is 2.33. The van der Waals surface area contributed by atoms with Gasteiger partial charge in [0.15, 0.2) is 0 Å². The molecule has 0 heterocycles. The third kappa shape index (κ3) is 2.40. The molecule has 82 valence electrons. The zero-order valence-corrected chi connectivity index (χ0v) is 8.89. The molecule has 1 aromatic carbocycles. The van der Waals surface area contributed by atoms with Gasteiger partial charge in [-0.15, -0.1) is 0 Å². The SMILES string of the molecule is N#Cc1ccc(C(CC(=O)O)C2CC2)cc1. The van der Waals surface area contributed by atoms with Gasteiger partial charge in [0.2, 0.25) is 0 Å². The van der Waals surface area contributed by atoms with Gasteiger partial charge in [0, 0.05) is 0 Å². The van der Waals surface area contributed by atoms with Crippen LogP contribution in [0, 0.1) is 17.2 Å². The highest BCUT2D eigenvalue weighted by atomic mass is 16.4. The zero-order chi connectivity index (χ0) is 11.5. The standard InChI is InChI=1S/C13H13NO2/c14-8-9-1-3-10(4-2-9)12(7-13(15)16)11-5-6-11/h1-4,11-12H,5-7H2,(H,15,16). The van der Waals surface area contributed by atoms with Crippen LogP contribution in [0.5, 0.6) is 0 Å². The summed E-state index contributed by atoms with van der Waals surface area (Å²) in [5.74, 6) is -0.115. The molecule has 3 nitrogen and oxygen atoms in total. The Kier molecular flexibility index (Phi) is 2.91. The number of rotatable bonds is 4. The third-order valence-corrected chi connectivity index (χ3v) is 3.05. The molecule has 1 saturated carbocycles. The van der Waals surface area contributed by atoms with Crippen molar-refractivity contribution in [3.05, 3.63) is 35.4 Å². The highest BCUT2D eigenvalue weighted by molar-refractivity contribution is 5.68. The number of carboxylic acid groups (broad SMARTS) is 1. The van der Waals surface area contributed by atoms with E-state index < -0.39 is 5.97 Å². The van der Waals surface area contributed by atoms with Gasteiger partial charge < -0.3 is 5.11 Å². The topological polar surface area (TPSA) is 61.1 Å². The van der Waals surface area contributed by atoms with E-state index in [9.17, 15) is 4.79 Å². The molecule has 1 aliphatic rings. The lowest BCUT2D eigenvalue weighted by atomic mass is 9.90. The van der Waals surface area contributed by atoms with Gasteiger partial charge in [-0.1, -0.05) is 12.1 Å². The van der Waals surface area contributed by atoms with Gasteiger partial charge in [-0.3, -0.25) is 4.79 Å². The van der Waals surface area contributed by atoms with Crippen LogP contribution < -0.4 is 0 Å². The second-order valence-corrected chi connectivity index (χ2v) is 4.28. The fraction of sp³-hybridized carbons (Fsp3) is 0.385. The van der Waals surface area contributed by atoms with E-state index in [0.717, 1.165) is 18.4 Å². The number of hydrogen-bond donors (Lipinski definition) is 1. The Morgan fingerprint density at radius 2 is 2.06 bits per heavy atom. The molecule has 1 unspecified atom stereocenters. The lowest BCUT2D eigenvalue weighted by Gasteiger charge is -2.14. The maximum atomic E-state index is 10.8. The summed E-state index contributed by atoms with van der Waals surface area (Å²) in [5, 5.41) is 17.6. The van der Waals surface area contributed by atoms with Crippen molar-refractivity contribution in [1.29, 1.82) is 5.26 Å². The highest BCUT2D eigenvalue weighted by Crippen LogP contribution is 2.44. The normalized spacial score (nSPS) is 16.4. The van der Waals surface area contributed by atoms with E-state index in [-0.39, 0.29) is 12.3 Å². The van der Waals surface area contributed by atoms with E-state index in [1.165, 1.54) is 0 Å². The Bertz CT molecular complexity index is 426. The minimum Gasteiger partial charge on any atom is -0.481 e. The van der Waals surface area contributed by atoms with E-state index in [1.54, 1.807) is 12.1 Å². The molecular weight excluding hydrogens is 202 g/mol. The molecule has 0 aromatic heterocycles. The molecule has 0 amide bonds. The first kappa shape index (κ1) is 10.7. The lowest BCUT2D eigenvalue weighted by molar-refractivity contribution is -0.137. The molecule has 2 rings (SSSR count). The van der Waals surface area contributed by atoms with Gasteiger partial charge in [0.05, 0.1) is 18.1 Å². The minimum absolute atomic E-state index is 0.116. The summed E-state index contributed by atoms with van der Waals surface area (Å²) < 4.78 is 0. The molecular formula is C13H13NO2. The predicted octanol–water partition coefficient (Wildman–Crippen LogP) is 2.53. The van der Waals surface area contributed by atoms with Crippen LogP contribution in [-0.2, 0) is 4.79 Å². The monoisotopic (exact) mass is 215 g/mol. The van der Waals surface area contributed by atoms with Crippen molar-refractivity contribution in [2.75, 3.05) is 0 Å². The van der Waals surface area contributed by atoms with Crippen LogP contribution in [0.4, 0.5) is 0 Å². The summed E-state index contributed by atoms with van der Waals surface area (Å²) in [7, 11) is 0. The van der Waals surface area contributed by atoms with Crippen LogP contribution in [0.15, 0.2) is 24.3 Å². The summed E-state index contributed by atoms with van der Waals surface area (Å²) >= 11 is 0. The number of benzene rings is 1. The van der Waals surface area contributed by atoms with Crippen LogP contribution in [0.2, 0.25) is 0 Å². The smallest absolute Gasteiger partial charge is 0.303 e. The number of carboxylic acids is 1. The Morgan fingerprint density at radius 1 is 1.44 bits per heavy atom. The molecule has 0 saturated heterocycles. The summed E-state index contributed by atoms with van der Waals surface area (Å²) in [6.45, 7) is 0. The van der Waals surface area contributed by atoms with Gasteiger partial charge in [-0.25, -0.2) is 0 Å². The number of aliphatic carboxylic acids is 1. The summed E-state index contributed by atoms with van der Waals surface area (Å²) in [4.78, 5) is 10.8. The molecule has 0 bridgehead atoms. The van der Waals surface area contributed by atoms with Gasteiger partial charge in [0.25, 0.3) is 0 Å². The Balaban J connectivity index is 2.18. The molecule has 16 heavy (non-hydrogen) atoms. The summed E-state index contributed by atoms with van der Waals surface area (Å²) in [6, 6.07) is 9.33. The van der Waals surface area contributed by atoms with Crippen molar-refractivity contribution < 1.29 is 9.90 Å². The second kappa shape index (κ2) is 4.36. The van der Waals surface area contributed by atoms with E-state index in [0.29, 0.717) is 11.5 Å². The molecule has 3 heteroatoms. The number of nitrogens with zero attached hydrogens (tertiary/aromatic N) is 1. The van der Waals surface area contributed by atoms with Crippen LogP contribution in [0.1, 0.15) is 36.3 Å². The number of hydrogen-bond acceptors (Lipinski definition) is 2. The maximum Gasteiger partial charge on any atom is 0.303 e. The third-order valence-electron chi connectivity index (χ3n) is 3.05. The van der Waals surface area contributed by atoms with Gasteiger partial charge >= 0.3 is 5.97 Å². The fourth-order valence-electron chi connectivity index (χ4n) is 2.05. The minimum atomic E-state index is -0.749. The van der Waals surface area contributed by atoms with Crippen LogP contribution in [0.3, 0.4) is 0 Å². The van der Waals surface area contributed by atoms with Crippen LogP contribution in [0.25, 0.3) is 0 Å². The Hall–Kier alpha value is -1.82. The predicted molar refractivity (Wildman–Crippen MR) is 58.9 cm³/mol. The number of nitriles is 1. The van der Waals surface area contributed by atoms with Crippen molar-refractivity contribution in [1.82, 2.24) is 0 Å². The van der Waals surface area contributed by atoms with Gasteiger partial charge in [0.1, 0.15) is 0 Å². The molecule has 0 aliphatic heterocycles. The van der Waals surface area contributed by atoms with Crippen molar-refractivity contribution in [3.63, 3.8) is 0 Å². The summed E-state index contributed by atoms with van der Waals surface area (Å²) in [6.07, 6.45) is 2.44. The quantitative estimate of drug-likeness (QED) is 0.839. The first-order valence-electron chi connectivity index (χ1n) is 5.42. The lowest BCUT2D eigenvalue weighted by Crippen LogP contribution is -2.08. The van der Waals surface area contributed by atoms with Crippen molar-refractivity contribution >= 4 is 5.97 Å². The largest absolute Gasteiger partial charge is 0.481 e.